The fraction of sp³-hybridized carbons (Fsp3) is 0.333. The van der Waals surface area contributed by atoms with E-state index < -0.39 is 24.2 Å². The molecule has 2 amide bonds. The Morgan fingerprint density at radius 3 is 2.45 bits per heavy atom. The third-order valence-electron chi connectivity index (χ3n) is 4.22. The molecule has 0 bridgehead atoms. The molecule has 0 heterocycles. The van der Waals surface area contributed by atoms with Gasteiger partial charge in [0.25, 0.3) is 5.91 Å². The Bertz CT molecular complexity index is 909. The summed E-state index contributed by atoms with van der Waals surface area (Å²) in [5.41, 5.74) is 0.394. The van der Waals surface area contributed by atoms with Crippen LogP contribution in [0.2, 0.25) is 0 Å². The summed E-state index contributed by atoms with van der Waals surface area (Å²) in [5.74, 6) is -2.61. The molecule has 0 saturated heterocycles. The summed E-state index contributed by atoms with van der Waals surface area (Å²) in [5, 5.41) is 5.14. The van der Waals surface area contributed by atoms with Gasteiger partial charge in [-0.15, -0.1) is 0 Å². The maximum Gasteiger partial charge on any atom is 0.387 e. The summed E-state index contributed by atoms with van der Waals surface area (Å²) in [6.45, 7) is -2.58. The second kappa shape index (κ2) is 11.8. The molecular weight excluding hydrogens is 420 g/mol. The zero-order valence-corrected chi connectivity index (χ0v) is 16.7. The number of alkyl halides is 2. The van der Waals surface area contributed by atoms with E-state index in [9.17, 15) is 27.2 Å². The van der Waals surface area contributed by atoms with Crippen molar-refractivity contribution in [1.82, 2.24) is 10.6 Å². The summed E-state index contributed by atoms with van der Waals surface area (Å²) in [4.78, 5) is 23.7. The smallest absolute Gasteiger partial charge is 0.387 e. The quantitative estimate of drug-likeness (QED) is 0.413. The highest BCUT2D eigenvalue weighted by atomic mass is 19.3. The lowest BCUT2D eigenvalue weighted by Crippen LogP contribution is -2.29. The van der Waals surface area contributed by atoms with Crippen LogP contribution in [0.5, 0.6) is 11.5 Å². The predicted octanol–water partition coefficient (Wildman–Crippen LogP) is 3.44. The lowest BCUT2D eigenvalue weighted by Gasteiger charge is -2.12. The largest absolute Gasteiger partial charge is 0.493 e. The van der Waals surface area contributed by atoms with Crippen LogP contribution in [0.15, 0.2) is 36.4 Å². The molecule has 2 rings (SSSR count). The van der Waals surface area contributed by atoms with Crippen LogP contribution >= 0.6 is 0 Å². The molecule has 0 aliphatic heterocycles. The first kappa shape index (κ1) is 24.0. The van der Waals surface area contributed by atoms with Crippen LogP contribution in [0.25, 0.3) is 0 Å². The van der Waals surface area contributed by atoms with Crippen molar-refractivity contribution in [2.75, 3.05) is 20.2 Å². The first-order valence-electron chi connectivity index (χ1n) is 9.42. The molecule has 2 aromatic rings. The van der Waals surface area contributed by atoms with Crippen LogP contribution in [-0.4, -0.2) is 38.6 Å². The number of amides is 2. The van der Waals surface area contributed by atoms with Crippen LogP contribution in [0.1, 0.15) is 28.8 Å². The molecule has 0 fully saturated rings. The van der Waals surface area contributed by atoms with Crippen LogP contribution < -0.4 is 20.1 Å². The molecule has 0 radical (unpaired) electrons. The van der Waals surface area contributed by atoms with Gasteiger partial charge in [-0.05, 0) is 42.7 Å². The number of benzene rings is 2. The van der Waals surface area contributed by atoms with Gasteiger partial charge in [-0.2, -0.15) is 8.78 Å². The molecule has 6 nitrogen and oxygen atoms in total. The number of halogens is 4. The van der Waals surface area contributed by atoms with Gasteiger partial charge in [0.1, 0.15) is 11.6 Å². The second-order valence-electron chi connectivity index (χ2n) is 6.45. The van der Waals surface area contributed by atoms with E-state index >= 15 is 0 Å². The first-order valence-corrected chi connectivity index (χ1v) is 9.42. The number of carbonyl (C=O) groups is 2. The van der Waals surface area contributed by atoms with Crippen molar-refractivity contribution in [1.29, 1.82) is 0 Å². The normalized spacial score (nSPS) is 10.6. The molecular formula is C21H22F4N2O4. The standard InChI is InChI=1S/C21H22F4N2O4/c1-30-17-7-4-13(11-18(17)31-21(24)25)8-10-26-19(28)3-2-9-27-20(29)15-6-5-14(22)12-16(15)23/h4-7,11-12,21H,2-3,8-10H2,1H3,(H,26,28)(H,27,29). The highest BCUT2D eigenvalue weighted by Crippen LogP contribution is 2.29. The van der Waals surface area contributed by atoms with Gasteiger partial charge in [-0.1, -0.05) is 6.07 Å². The van der Waals surface area contributed by atoms with Crippen LogP contribution in [0, 0.1) is 11.6 Å². The van der Waals surface area contributed by atoms with E-state index in [-0.39, 0.29) is 42.5 Å². The Kier molecular flexibility index (Phi) is 9.11. The van der Waals surface area contributed by atoms with Gasteiger partial charge in [-0.25, -0.2) is 8.78 Å². The Hall–Kier alpha value is -3.30. The molecule has 0 unspecified atom stereocenters. The van der Waals surface area contributed by atoms with E-state index in [2.05, 4.69) is 15.4 Å². The lowest BCUT2D eigenvalue weighted by atomic mass is 10.1. The van der Waals surface area contributed by atoms with Gasteiger partial charge in [0.15, 0.2) is 11.5 Å². The minimum Gasteiger partial charge on any atom is -0.493 e. The molecule has 0 atom stereocenters. The number of rotatable bonds is 11. The predicted molar refractivity (Wildman–Crippen MR) is 104 cm³/mol. The van der Waals surface area contributed by atoms with Crippen molar-refractivity contribution in [2.24, 2.45) is 0 Å². The second-order valence-corrected chi connectivity index (χ2v) is 6.45. The van der Waals surface area contributed by atoms with E-state index in [1.54, 1.807) is 6.07 Å². The minimum atomic E-state index is -2.98. The lowest BCUT2D eigenvalue weighted by molar-refractivity contribution is -0.121. The molecule has 0 aliphatic carbocycles. The molecule has 0 aliphatic rings. The van der Waals surface area contributed by atoms with Crippen molar-refractivity contribution in [3.8, 4) is 11.5 Å². The van der Waals surface area contributed by atoms with Gasteiger partial charge in [-0.3, -0.25) is 9.59 Å². The SMILES string of the molecule is COc1ccc(CCNC(=O)CCCNC(=O)c2ccc(F)cc2F)cc1OC(F)F. The molecule has 2 N–H and O–H groups in total. The number of ether oxygens (including phenoxy) is 2. The molecule has 31 heavy (non-hydrogen) atoms. The van der Waals surface area contributed by atoms with E-state index in [1.807, 2.05) is 0 Å². The van der Waals surface area contributed by atoms with Crippen LogP contribution in [0.3, 0.4) is 0 Å². The van der Waals surface area contributed by atoms with Gasteiger partial charge in [0, 0.05) is 25.6 Å². The van der Waals surface area contributed by atoms with Gasteiger partial charge in [0.2, 0.25) is 5.91 Å². The van der Waals surface area contributed by atoms with Gasteiger partial charge < -0.3 is 20.1 Å². The summed E-state index contributed by atoms with van der Waals surface area (Å²) in [6.07, 6.45) is 0.819. The fourth-order valence-electron chi connectivity index (χ4n) is 2.72. The Balaban J connectivity index is 1.70. The number of carbonyl (C=O) groups excluding carboxylic acids is 2. The van der Waals surface area contributed by atoms with Crippen molar-refractivity contribution in [2.45, 2.75) is 25.9 Å². The molecule has 10 heteroatoms. The minimum absolute atomic E-state index is 0.0883. The van der Waals surface area contributed by atoms with E-state index in [1.165, 1.54) is 19.2 Å². The number of nitrogens with one attached hydrogen (secondary N) is 2. The van der Waals surface area contributed by atoms with Crippen molar-refractivity contribution in [3.63, 3.8) is 0 Å². The van der Waals surface area contributed by atoms with Gasteiger partial charge >= 0.3 is 6.61 Å². The number of hydrogen-bond acceptors (Lipinski definition) is 4. The first-order chi connectivity index (χ1) is 14.8. The zero-order chi connectivity index (χ0) is 22.8. The molecule has 168 valence electrons. The Labute approximate surface area is 176 Å². The summed E-state index contributed by atoms with van der Waals surface area (Å²) in [7, 11) is 1.34. The summed E-state index contributed by atoms with van der Waals surface area (Å²) in [6, 6.07) is 7.24. The maximum atomic E-state index is 13.5. The molecule has 2 aromatic carbocycles. The highest BCUT2D eigenvalue weighted by molar-refractivity contribution is 5.94. The zero-order valence-electron chi connectivity index (χ0n) is 16.7. The average molecular weight is 442 g/mol. The van der Waals surface area contributed by atoms with E-state index in [0.29, 0.717) is 24.5 Å². The van der Waals surface area contributed by atoms with Crippen LogP contribution in [-0.2, 0) is 11.2 Å². The number of hydrogen-bond donors (Lipinski definition) is 2. The topological polar surface area (TPSA) is 76.7 Å². The highest BCUT2D eigenvalue weighted by Gasteiger charge is 2.13. The maximum absolute atomic E-state index is 13.5. The Morgan fingerprint density at radius 2 is 1.77 bits per heavy atom. The van der Waals surface area contributed by atoms with Crippen LogP contribution in [0.4, 0.5) is 17.6 Å². The molecule has 0 spiro atoms. The summed E-state index contributed by atoms with van der Waals surface area (Å²) >= 11 is 0. The fourth-order valence-corrected chi connectivity index (χ4v) is 2.72. The average Bonchev–Trinajstić information content (AvgIpc) is 2.71. The third-order valence-corrected chi connectivity index (χ3v) is 4.22. The van der Waals surface area contributed by atoms with Gasteiger partial charge in [0.05, 0.1) is 12.7 Å². The Morgan fingerprint density at radius 1 is 1.00 bits per heavy atom. The molecule has 0 aromatic heterocycles. The number of methoxy groups -OCH3 is 1. The van der Waals surface area contributed by atoms with Crippen molar-refractivity contribution in [3.05, 3.63) is 59.2 Å². The van der Waals surface area contributed by atoms with Crippen molar-refractivity contribution < 1.29 is 36.6 Å². The molecule has 0 saturated carbocycles. The summed E-state index contributed by atoms with van der Waals surface area (Å²) < 4.78 is 60.7. The van der Waals surface area contributed by atoms with E-state index in [0.717, 1.165) is 12.1 Å². The van der Waals surface area contributed by atoms with Crippen molar-refractivity contribution >= 4 is 11.8 Å². The third kappa shape index (κ3) is 7.80. The monoisotopic (exact) mass is 442 g/mol. The van der Waals surface area contributed by atoms with E-state index in [4.69, 9.17) is 4.74 Å².